The molecule has 0 aromatic heterocycles. The first-order chi connectivity index (χ1) is 8.52. The molecule has 1 aromatic rings. The Morgan fingerprint density at radius 1 is 1.22 bits per heavy atom. The fourth-order valence-electron chi connectivity index (χ4n) is 1.24. The van der Waals surface area contributed by atoms with Crippen molar-refractivity contribution in [3.05, 3.63) is 35.4 Å². The van der Waals surface area contributed by atoms with Crippen molar-refractivity contribution in [1.82, 2.24) is 0 Å². The molecular formula is C12H15N3O3. The number of primary amides is 1. The molecule has 0 aliphatic rings. The molecule has 0 atom stereocenters. The molecule has 0 aliphatic heterocycles. The minimum atomic E-state index is -0.639. The molecule has 0 saturated heterocycles. The van der Waals surface area contributed by atoms with Gasteiger partial charge < -0.3 is 16.3 Å². The maximum absolute atomic E-state index is 11.5. The third kappa shape index (κ3) is 4.25. The van der Waals surface area contributed by atoms with Crippen molar-refractivity contribution in [2.24, 2.45) is 16.6 Å². The molecule has 0 saturated carbocycles. The van der Waals surface area contributed by atoms with Gasteiger partial charge in [0.15, 0.2) is 0 Å². The van der Waals surface area contributed by atoms with Crippen LogP contribution in [-0.4, -0.2) is 17.7 Å². The molecular weight excluding hydrogens is 234 g/mol. The highest BCUT2D eigenvalue weighted by Gasteiger charge is 2.07. The Hall–Kier alpha value is -2.37. The smallest absolute Gasteiger partial charge is 0.365 e. The first-order valence-corrected chi connectivity index (χ1v) is 5.44. The van der Waals surface area contributed by atoms with Gasteiger partial charge in [-0.05, 0) is 24.1 Å². The molecule has 18 heavy (non-hydrogen) atoms. The summed E-state index contributed by atoms with van der Waals surface area (Å²) in [6.45, 7) is 2.02. The lowest BCUT2D eigenvalue weighted by atomic mass is 10.1. The number of oxime groups is 1. The molecule has 1 aromatic carbocycles. The number of benzene rings is 1. The average molecular weight is 249 g/mol. The summed E-state index contributed by atoms with van der Waals surface area (Å²) in [5.74, 6) is -1.41. The SMILES string of the molecule is CCc1ccc(C(=O)O/N=C(/N)CC(N)=O)cc1. The quantitative estimate of drug-likeness (QED) is 0.344. The topological polar surface area (TPSA) is 108 Å². The lowest BCUT2D eigenvalue weighted by Gasteiger charge is -2.01. The van der Waals surface area contributed by atoms with Crippen molar-refractivity contribution in [2.45, 2.75) is 19.8 Å². The molecule has 0 heterocycles. The van der Waals surface area contributed by atoms with Crippen molar-refractivity contribution in [1.29, 1.82) is 0 Å². The van der Waals surface area contributed by atoms with E-state index in [0.29, 0.717) is 5.56 Å². The summed E-state index contributed by atoms with van der Waals surface area (Å²) >= 11 is 0. The van der Waals surface area contributed by atoms with E-state index in [2.05, 4.69) is 9.99 Å². The van der Waals surface area contributed by atoms with Crippen LogP contribution in [0.1, 0.15) is 29.3 Å². The van der Waals surface area contributed by atoms with Gasteiger partial charge >= 0.3 is 5.97 Å². The first kappa shape index (κ1) is 13.7. The van der Waals surface area contributed by atoms with E-state index in [9.17, 15) is 9.59 Å². The predicted octanol–water partition coefficient (Wildman–Crippen LogP) is 0.553. The second-order valence-corrected chi connectivity index (χ2v) is 3.65. The van der Waals surface area contributed by atoms with Gasteiger partial charge in [0.05, 0.1) is 12.0 Å². The Balaban J connectivity index is 2.62. The van der Waals surface area contributed by atoms with Crippen LogP contribution >= 0.6 is 0 Å². The van der Waals surface area contributed by atoms with Gasteiger partial charge in [-0.25, -0.2) is 4.79 Å². The van der Waals surface area contributed by atoms with Gasteiger partial charge in [-0.1, -0.05) is 24.2 Å². The van der Waals surface area contributed by atoms with Gasteiger partial charge in [0, 0.05) is 0 Å². The fraction of sp³-hybridized carbons (Fsp3) is 0.250. The standard InChI is InChI=1S/C12H15N3O3/c1-2-8-3-5-9(6-4-8)12(17)18-15-10(13)7-11(14)16/h3-6H,2,7H2,1H3,(H2,13,15)(H2,14,16). The number of amides is 1. The lowest BCUT2D eigenvalue weighted by Crippen LogP contribution is -2.22. The average Bonchev–Trinajstić information content (AvgIpc) is 2.35. The molecule has 0 radical (unpaired) electrons. The van der Waals surface area contributed by atoms with Gasteiger partial charge in [-0.3, -0.25) is 4.79 Å². The molecule has 0 aliphatic carbocycles. The van der Waals surface area contributed by atoms with Crippen LogP contribution in [0.5, 0.6) is 0 Å². The number of amidine groups is 1. The maximum Gasteiger partial charge on any atom is 0.365 e. The number of carbonyl (C=O) groups is 2. The zero-order valence-electron chi connectivity index (χ0n) is 10.1. The van der Waals surface area contributed by atoms with Gasteiger partial charge in [0.25, 0.3) is 0 Å². The Labute approximate surface area is 105 Å². The number of aryl methyl sites for hydroxylation is 1. The molecule has 6 heteroatoms. The summed E-state index contributed by atoms with van der Waals surface area (Å²) in [5, 5.41) is 3.33. The Bertz CT molecular complexity index is 466. The molecule has 1 amide bonds. The second-order valence-electron chi connectivity index (χ2n) is 3.65. The van der Waals surface area contributed by atoms with E-state index in [-0.39, 0.29) is 12.3 Å². The summed E-state index contributed by atoms with van der Waals surface area (Å²) in [5.41, 5.74) is 11.7. The second kappa shape index (κ2) is 6.39. The van der Waals surface area contributed by atoms with Crippen molar-refractivity contribution in [2.75, 3.05) is 0 Å². The van der Waals surface area contributed by atoms with Crippen LogP contribution in [0.4, 0.5) is 0 Å². The van der Waals surface area contributed by atoms with Crippen LogP contribution in [-0.2, 0) is 16.1 Å². The zero-order chi connectivity index (χ0) is 13.5. The maximum atomic E-state index is 11.5. The van der Waals surface area contributed by atoms with Crippen LogP contribution in [0.3, 0.4) is 0 Å². The molecule has 0 spiro atoms. The van der Waals surface area contributed by atoms with Crippen molar-refractivity contribution in [3.8, 4) is 0 Å². The van der Waals surface area contributed by atoms with Crippen molar-refractivity contribution >= 4 is 17.7 Å². The summed E-state index contributed by atoms with van der Waals surface area (Å²) in [6.07, 6.45) is 0.640. The predicted molar refractivity (Wildman–Crippen MR) is 66.7 cm³/mol. The Morgan fingerprint density at radius 3 is 2.33 bits per heavy atom. The van der Waals surface area contributed by atoms with E-state index in [1.54, 1.807) is 12.1 Å². The lowest BCUT2D eigenvalue weighted by molar-refractivity contribution is -0.116. The number of nitrogens with zero attached hydrogens (tertiary/aromatic N) is 1. The summed E-state index contributed by atoms with van der Waals surface area (Å²) in [6, 6.07) is 6.93. The van der Waals surface area contributed by atoms with Crippen LogP contribution in [0.25, 0.3) is 0 Å². The van der Waals surface area contributed by atoms with E-state index >= 15 is 0 Å². The number of rotatable bonds is 5. The zero-order valence-corrected chi connectivity index (χ0v) is 10.1. The molecule has 0 unspecified atom stereocenters. The molecule has 96 valence electrons. The fourth-order valence-corrected chi connectivity index (χ4v) is 1.24. The van der Waals surface area contributed by atoms with Gasteiger partial charge in [-0.2, -0.15) is 0 Å². The van der Waals surface area contributed by atoms with Gasteiger partial charge in [-0.15, -0.1) is 0 Å². The molecule has 6 nitrogen and oxygen atoms in total. The molecule has 0 fully saturated rings. The number of hydrogen-bond acceptors (Lipinski definition) is 4. The van der Waals surface area contributed by atoms with Crippen LogP contribution in [0.15, 0.2) is 29.4 Å². The number of nitrogens with two attached hydrogens (primary N) is 2. The highest BCUT2D eigenvalue weighted by atomic mass is 16.7. The van der Waals surface area contributed by atoms with Crippen LogP contribution < -0.4 is 11.5 Å². The van der Waals surface area contributed by atoms with Crippen LogP contribution in [0, 0.1) is 0 Å². The summed E-state index contributed by atoms with van der Waals surface area (Å²) < 4.78 is 0. The van der Waals surface area contributed by atoms with Gasteiger partial charge in [0.2, 0.25) is 5.91 Å². The monoisotopic (exact) mass is 249 g/mol. The van der Waals surface area contributed by atoms with Crippen molar-refractivity contribution in [3.63, 3.8) is 0 Å². The highest BCUT2D eigenvalue weighted by molar-refractivity contribution is 5.98. The third-order valence-corrected chi connectivity index (χ3v) is 2.20. The first-order valence-electron chi connectivity index (χ1n) is 5.44. The van der Waals surface area contributed by atoms with Gasteiger partial charge in [0.1, 0.15) is 5.84 Å². The van der Waals surface area contributed by atoms with E-state index in [4.69, 9.17) is 11.5 Å². The van der Waals surface area contributed by atoms with E-state index < -0.39 is 11.9 Å². The minimum absolute atomic E-state index is 0.138. The largest absolute Gasteiger partial charge is 0.384 e. The van der Waals surface area contributed by atoms with Crippen molar-refractivity contribution < 1.29 is 14.4 Å². The number of carbonyl (C=O) groups excluding carboxylic acids is 2. The number of hydrogen-bond donors (Lipinski definition) is 2. The van der Waals surface area contributed by atoms with E-state index in [1.807, 2.05) is 19.1 Å². The highest BCUT2D eigenvalue weighted by Crippen LogP contribution is 2.06. The molecule has 4 N–H and O–H groups in total. The van der Waals surface area contributed by atoms with E-state index in [0.717, 1.165) is 12.0 Å². The normalized spacial score (nSPS) is 11.1. The van der Waals surface area contributed by atoms with Crippen LogP contribution in [0.2, 0.25) is 0 Å². The minimum Gasteiger partial charge on any atom is -0.384 e. The molecule has 1 rings (SSSR count). The third-order valence-electron chi connectivity index (χ3n) is 2.20. The summed E-state index contributed by atoms with van der Waals surface area (Å²) in [4.78, 5) is 26.6. The molecule has 0 bridgehead atoms. The Morgan fingerprint density at radius 2 is 1.83 bits per heavy atom. The summed E-state index contributed by atoms with van der Waals surface area (Å²) in [7, 11) is 0. The van der Waals surface area contributed by atoms with E-state index in [1.165, 1.54) is 0 Å². The Kier molecular flexibility index (Phi) is 4.86.